The number of aromatic nitrogens is 1. The molecule has 0 aliphatic carbocycles. The number of carbonyl (C=O) groups is 1. The number of nitrogens with one attached hydrogen (secondary N) is 2. The summed E-state index contributed by atoms with van der Waals surface area (Å²) in [4.78, 5) is 17.4. The molecule has 0 atom stereocenters. The highest BCUT2D eigenvalue weighted by molar-refractivity contribution is 7.97. The van der Waals surface area contributed by atoms with Crippen molar-refractivity contribution < 1.29 is 9.53 Å². The molecule has 6 nitrogen and oxygen atoms in total. The fourth-order valence-corrected chi connectivity index (χ4v) is 2.88. The quantitative estimate of drug-likeness (QED) is 0.558. The first-order chi connectivity index (χ1) is 12.1. The van der Waals surface area contributed by atoms with E-state index < -0.39 is 5.91 Å². The molecule has 0 saturated heterocycles. The van der Waals surface area contributed by atoms with Crippen LogP contribution in [0.2, 0.25) is 0 Å². The van der Waals surface area contributed by atoms with Crippen molar-refractivity contribution in [1.29, 1.82) is 5.41 Å². The van der Waals surface area contributed by atoms with Crippen LogP contribution >= 0.6 is 11.9 Å². The largest absolute Gasteiger partial charge is 0.495 e. The first-order valence-corrected chi connectivity index (χ1v) is 8.78. The first kappa shape index (κ1) is 19.0. The van der Waals surface area contributed by atoms with Crippen molar-refractivity contribution in [3.63, 3.8) is 0 Å². The van der Waals surface area contributed by atoms with Crippen molar-refractivity contribution in [3.05, 3.63) is 48.2 Å². The van der Waals surface area contributed by atoms with Gasteiger partial charge in [-0.1, -0.05) is 26.0 Å². The maximum atomic E-state index is 12.2. The van der Waals surface area contributed by atoms with Gasteiger partial charge in [0.25, 0.3) is 5.91 Å². The molecule has 2 rings (SSSR count). The zero-order valence-corrected chi connectivity index (χ0v) is 15.4. The molecule has 0 saturated carbocycles. The van der Waals surface area contributed by atoms with Gasteiger partial charge >= 0.3 is 0 Å². The van der Waals surface area contributed by atoms with E-state index in [0.29, 0.717) is 17.1 Å². The van der Waals surface area contributed by atoms with Gasteiger partial charge in [-0.3, -0.25) is 10.2 Å². The summed E-state index contributed by atoms with van der Waals surface area (Å²) in [5, 5.41) is 10.7. The van der Waals surface area contributed by atoms with E-state index in [4.69, 9.17) is 10.1 Å². The molecule has 1 amide bonds. The standard InChI is InChI=1S/C18H22N4O2S/c1-4-22(5-2)25-15-9-6-13(7-10-15)17(19)18(23)21-16-11-8-14(24-3)12-20-16/h6-12,19H,4-5H2,1-3H3,(H,20,21,23). The Kier molecular flexibility index (Phi) is 6.97. The van der Waals surface area contributed by atoms with E-state index in [0.717, 1.165) is 18.0 Å². The van der Waals surface area contributed by atoms with Crippen LogP contribution < -0.4 is 10.1 Å². The fourth-order valence-electron chi connectivity index (χ4n) is 2.07. The average Bonchev–Trinajstić information content (AvgIpc) is 2.66. The van der Waals surface area contributed by atoms with Crippen molar-refractivity contribution in [2.45, 2.75) is 18.7 Å². The molecule has 0 aliphatic rings. The summed E-state index contributed by atoms with van der Waals surface area (Å²) in [6, 6.07) is 10.8. The molecule has 1 aromatic carbocycles. The van der Waals surface area contributed by atoms with E-state index in [-0.39, 0.29) is 5.71 Å². The fraction of sp³-hybridized carbons (Fsp3) is 0.278. The van der Waals surface area contributed by atoms with Crippen LogP contribution in [-0.4, -0.2) is 41.1 Å². The highest BCUT2D eigenvalue weighted by atomic mass is 32.2. The van der Waals surface area contributed by atoms with Crippen molar-refractivity contribution in [3.8, 4) is 5.75 Å². The number of methoxy groups -OCH3 is 1. The van der Waals surface area contributed by atoms with Gasteiger partial charge in [0, 0.05) is 23.5 Å². The highest BCUT2D eigenvalue weighted by Gasteiger charge is 2.13. The van der Waals surface area contributed by atoms with Crippen molar-refractivity contribution >= 4 is 29.4 Å². The Bertz CT molecular complexity index is 713. The van der Waals surface area contributed by atoms with Crippen LogP contribution in [0.4, 0.5) is 5.82 Å². The Morgan fingerprint density at radius 1 is 1.20 bits per heavy atom. The van der Waals surface area contributed by atoms with Gasteiger partial charge in [0.1, 0.15) is 17.3 Å². The van der Waals surface area contributed by atoms with E-state index in [1.807, 2.05) is 12.1 Å². The number of ether oxygens (including phenoxy) is 1. The Morgan fingerprint density at radius 3 is 2.40 bits per heavy atom. The summed E-state index contributed by atoms with van der Waals surface area (Å²) < 4.78 is 7.25. The first-order valence-electron chi connectivity index (χ1n) is 8.00. The molecule has 132 valence electrons. The van der Waals surface area contributed by atoms with Crippen LogP contribution in [0.1, 0.15) is 19.4 Å². The number of nitrogens with zero attached hydrogens (tertiary/aromatic N) is 2. The van der Waals surface area contributed by atoms with E-state index >= 15 is 0 Å². The molecule has 2 N–H and O–H groups in total. The summed E-state index contributed by atoms with van der Waals surface area (Å²) in [7, 11) is 1.55. The second-order valence-corrected chi connectivity index (χ2v) is 6.31. The summed E-state index contributed by atoms with van der Waals surface area (Å²) in [5.74, 6) is 0.487. The van der Waals surface area contributed by atoms with E-state index in [1.54, 1.807) is 43.3 Å². The van der Waals surface area contributed by atoms with E-state index in [1.165, 1.54) is 6.20 Å². The van der Waals surface area contributed by atoms with E-state index in [2.05, 4.69) is 28.5 Å². The average molecular weight is 358 g/mol. The monoisotopic (exact) mass is 358 g/mol. The van der Waals surface area contributed by atoms with Gasteiger partial charge in [-0.2, -0.15) is 0 Å². The van der Waals surface area contributed by atoms with Crippen LogP contribution in [0.15, 0.2) is 47.5 Å². The second kappa shape index (κ2) is 9.19. The predicted molar refractivity (Wildman–Crippen MR) is 101 cm³/mol. The van der Waals surface area contributed by atoms with Gasteiger partial charge in [-0.05, 0) is 36.2 Å². The molecule has 0 fully saturated rings. The molecule has 0 unspecified atom stereocenters. The van der Waals surface area contributed by atoms with Crippen LogP contribution in [-0.2, 0) is 4.79 Å². The third-order valence-corrected chi connectivity index (χ3v) is 4.78. The lowest BCUT2D eigenvalue weighted by molar-refractivity contribution is -0.110. The lowest BCUT2D eigenvalue weighted by atomic mass is 10.1. The zero-order valence-electron chi connectivity index (χ0n) is 14.6. The number of carbonyl (C=O) groups excluding carboxylic acids is 1. The third-order valence-electron chi connectivity index (χ3n) is 3.52. The number of rotatable bonds is 8. The molecule has 7 heteroatoms. The van der Waals surface area contributed by atoms with E-state index in [9.17, 15) is 4.79 Å². The predicted octanol–water partition coefficient (Wildman–Crippen LogP) is 3.45. The summed E-state index contributed by atoms with van der Waals surface area (Å²) >= 11 is 1.66. The smallest absolute Gasteiger partial charge is 0.275 e. The molecular formula is C18H22N4O2S. The Morgan fingerprint density at radius 2 is 1.88 bits per heavy atom. The molecule has 0 spiro atoms. The number of pyridine rings is 1. The highest BCUT2D eigenvalue weighted by Crippen LogP contribution is 2.22. The normalized spacial score (nSPS) is 10.6. The topological polar surface area (TPSA) is 78.3 Å². The van der Waals surface area contributed by atoms with Crippen LogP contribution in [0, 0.1) is 5.41 Å². The lowest BCUT2D eigenvalue weighted by Crippen LogP contribution is -2.23. The molecule has 0 radical (unpaired) electrons. The van der Waals surface area contributed by atoms with Gasteiger partial charge in [-0.25, -0.2) is 9.29 Å². The van der Waals surface area contributed by atoms with Gasteiger partial charge < -0.3 is 10.1 Å². The van der Waals surface area contributed by atoms with Gasteiger partial charge in [0.15, 0.2) is 0 Å². The van der Waals surface area contributed by atoms with Gasteiger partial charge in [-0.15, -0.1) is 0 Å². The summed E-state index contributed by atoms with van der Waals surface area (Å²) in [6.45, 7) is 6.13. The SMILES string of the molecule is CCN(CC)Sc1ccc(C(=N)C(=O)Nc2ccc(OC)cn2)cc1. The summed E-state index contributed by atoms with van der Waals surface area (Å²) in [5.41, 5.74) is 0.465. The molecular weight excluding hydrogens is 336 g/mol. The van der Waals surface area contributed by atoms with Crippen LogP contribution in [0.3, 0.4) is 0 Å². The minimum atomic E-state index is -0.498. The van der Waals surface area contributed by atoms with Crippen molar-refractivity contribution in [2.24, 2.45) is 0 Å². The molecule has 0 bridgehead atoms. The number of hydrogen-bond donors (Lipinski definition) is 2. The molecule has 1 heterocycles. The summed E-state index contributed by atoms with van der Waals surface area (Å²) in [6.07, 6.45) is 1.51. The lowest BCUT2D eigenvalue weighted by Gasteiger charge is -2.16. The zero-order chi connectivity index (χ0) is 18.2. The van der Waals surface area contributed by atoms with Gasteiger partial charge in [0.05, 0.1) is 13.3 Å². The second-order valence-electron chi connectivity index (χ2n) is 5.14. The third kappa shape index (κ3) is 5.30. The van der Waals surface area contributed by atoms with Crippen molar-refractivity contribution in [2.75, 3.05) is 25.5 Å². The van der Waals surface area contributed by atoms with Gasteiger partial charge in [0.2, 0.25) is 0 Å². The maximum absolute atomic E-state index is 12.2. The Hall–Kier alpha value is -2.38. The minimum Gasteiger partial charge on any atom is -0.495 e. The molecule has 0 aliphatic heterocycles. The Labute approximate surface area is 152 Å². The molecule has 1 aromatic heterocycles. The molecule has 25 heavy (non-hydrogen) atoms. The van der Waals surface area contributed by atoms with Crippen LogP contribution in [0.5, 0.6) is 5.75 Å². The number of hydrogen-bond acceptors (Lipinski definition) is 6. The molecule has 2 aromatic rings. The number of benzene rings is 1. The maximum Gasteiger partial charge on any atom is 0.275 e. The Balaban J connectivity index is 2.00. The number of amides is 1. The van der Waals surface area contributed by atoms with Crippen LogP contribution in [0.25, 0.3) is 0 Å². The minimum absolute atomic E-state index is 0.1000. The van der Waals surface area contributed by atoms with Crippen molar-refractivity contribution in [1.82, 2.24) is 9.29 Å². The number of anilines is 1.